The molecule has 1 unspecified atom stereocenters. The van der Waals surface area contributed by atoms with E-state index in [4.69, 9.17) is 5.73 Å². The minimum Gasteiger partial charge on any atom is -0.371 e. The van der Waals surface area contributed by atoms with Gasteiger partial charge in [-0.15, -0.1) is 0 Å². The molecule has 26 heavy (non-hydrogen) atoms. The summed E-state index contributed by atoms with van der Waals surface area (Å²) in [7, 11) is 0. The molecule has 2 amide bonds. The lowest BCUT2D eigenvalue weighted by Gasteiger charge is -2.19. The van der Waals surface area contributed by atoms with Gasteiger partial charge in [-0.2, -0.15) is 0 Å². The van der Waals surface area contributed by atoms with Gasteiger partial charge in [0.15, 0.2) is 0 Å². The highest BCUT2D eigenvalue weighted by atomic mass is 16.2. The number of nitrogens with one attached hydrogen (secondary N) is 2. The van der Waals surface area contributed by atoms with Gasteiger partial charge in [0.25, 0.3) is 0 Å². The fraction of sp³-hybridized carbons (Fsp3) is 0.600. The number of amides is 2. The Kier molecular flexibility index (Phi) is 8.41. The molecule has 1 aliphatic rings. The number of rotatable bonds is 10. The summed E-state index contributed by atoms with van der Waals surface area (Å²) in [6.45, 7) is 4.54. The van der Waals surface area contributed by atoms with Crippen LogP contribution >= 0.6 is 0 Å². The molecular formula is C20H32N4O2. The molecule has 6 heteroatoms. The maximum Gasteiger partial charge on any atom is 0.246 e. The van der Waals surface area contributed by atoms with E-state index >= 15 is 0 Å². The Bertz CT molecular complexity index is 585. The predicted octanol–water partition coefficient (Wildman–Crippen LogP) is 2.64. The lowest BCUT2D eigenvalue weighted by atomic mass is 10.1. The topological polar surface area (TPSA) is 87.5 Å². The Labute approximate surface area is 156 Å². The predicted molar refractivity (Wildman–Crippen MR) is 106 cm³/mol. The van der Waals surface area contributed by atoms with Crippen LogP contribution in [0.15, 0.2) is 24.3 Å². The van der Waals surface area contributed by atoms with Crippen molar-refractivity contribution in [1.29, 1.82) is 0 Å². The van der Waals surface area contributed by atoms with Gasteiger partial charge >= 0.3 is 0 Å². The maximum atomic E-state index is 12.3. The first-order chi connectivity index (χ1) is 12.6. The van der Waals surface area contributed by atoms with Gasteiger partial charge in [-0.3, -0.25) is 9.59 Å². The molecule has 1 aromatic carbocycles. The first-order valence-electron chi connectivity index (χ1n) is 9.75. The van der Waals surface area contributed by atoms with Crippen LogP contribution in [0.3, 0.4) is 0 Å². The monoisotopic (exact) mass is 360 g/mol. The first-order valence-corrected chi connectivity index (χ1v) is 9.75. The highest BCUT2D eigenvalue weighted by Crippen LogP contribution is 2.23. The van der Waals surface area contributed by atoms with Gasteiger partial charge < -0.3 is 21.3 Å². The van der Waals surface area contributed by atoms with Gasteiger partial charge in [0.05, 0.1) is 0 Å². The quantitative estimate of drug-likeness (QED) is 0.560. The Morgan fingerprint density at radius 3 is 2.62 bits per heavy atom. The fourth-order valence-electron chi connectivity index (χ4n) is 3.17. The van der Waals surface area contributed by atoms with E-state index in [1.54, 1.807) is 6.92 Å². The van der Waals surface area contributed by atoms with Crippen molar-refractivity contribution in [2.45, 2.75) is 57.9 Å². The Morgan fingerprint density at radius 2 is 1.88 bits per heavy atom. The van der Waals surface area contributed by atoms with E-state index in [0.717, 1.165) is 50.1 Å². The standard InChI is InChI=1S/C20H32N4O2/c1-16(22-19(25)11-4-2-3-5-12-21)20(26)23-17-9-8-10-18(15-17)24-13-6-7-14-24/h8-10,15-16H,2-7,11-14,21H2,1H3,(H,22,25)(H,23,26). The summed E-state index contributed by atoms with van der Waals surface area (Å²) in [5.41, 5.74) is 7.35. The van der Waals surface area contributed by atoms with Crippen LogP contribution in [0, 0.1) is 0 Å². The van der Waals surface area contributed by atoms with Crippen LogP contribution in [0.1, 0.15) is 51.9 Å². The van der Waals surface area contributed by atoms with E-state index < -0.39 is 6.04 Å². The molecule has 0 aromatic heterocycles. The number of carbonyl (C=O) groups excluding carboxylic acids is 2. The summed E-state index contributed by atoms with van der Waals surface area (Å²) in [6.07, 6.45) is 6.75. The van der Waals surface area contributed by atoms with Crippen LogP contribution in [-0.4, -0.2) is 37.5 Å². The Morgan fingerprint density at radius 1 is 1.15 bits per heavy atom. The summed E-state index contributed by atoms with van der Waals surface area (Å²) in [5, 5.41) is 5.68. The largest absolute Gasteiger partial charge is 0.371 e. The molecule has 0 spiro atoms. The minimum absolute atomic E-state index is 0.0776. The molecule has 1 saturated heterocycles. The number of anilines is 2. The highest BCUT2D eigenvalue weighted by molar-refractivity contribution is 5.97. The van der Waals surface area contributed by atoms with Crippen molar-refractivity contribution < 1.29 is 9.59 Å². The van der Waals surface area contributed by atoms with Crippen LogP contribution in [0.25, 0.3) is 0 Å². The lowest BCUT2D eigenvalue weighted by molar-refractivity contribution is -0.126. The van der Waals surface area contributed by atoms with Crippen molar-refractivity contribution in [1.82, 2.24) is 5.32 Å². The molecule has 1 aliphatic heterocycles. The number of unbranched alkanes of at least 4 members (excludes halogenated alkanes) is 3. The van der Waals surface area contributed by atoms with Gasteiger partial charge in [-0.1, -0.05) is 18.9 Å². The van der Waals surface area contributed by atoms with Crippen LogP contribution in [0.2, 0.25) is 0 Å². The second kappa shape index (κ2) is 10.8. The third-order valence-corrected chi connectivity index (χ3v) is 4.71. The number of benzene rings is 1. The van der Waals surface area contributed by atoms with Gasteiger partial charge in [0.1, 0.15) is 6.04 Å². The van der Waals surface area contributed by atoms with E-state index in [-0.39, 0.29) is 11.8 Å². The Hall–Kier alpha value is -2.08. The molecule has 0 bridgehead atoms. The average molecular weight is 361 g/mol. The molecule has 0 aliphatic carbocycles. The molecule has 4 N–H and O–H groups in total. The minimum atomic E-state index is -0.554. The second-order valence-electron chi connectivity index (χ2n) is 6.98. The van der Waals surface area contributed by atoms with Crippen molar-refractivity contribution in [3.63, 3.8) is 0 Å². The smallest absolute Gasteiger partial charge is 0.246 e. The van der Waals surface area contributed by atoms with Gasteiger partial charge in [-0.25, -0.2) is 0 Å². The molecule has 1 fully saturated rings. The fourth-order valence-corrected chi connectivity index (χ4v) is 3.17. The number of hydrogen-bond donors (Lipinski definition) is 3. The highest BCUT2D eigenvalue weighted by Gasteiger charge is 2.17. The number of nitrogens with zero attached hydrogens (tertiary/aromatic N) is 1. The molecule has 1 aromatic rings. The zero-order valence-electron chi connectivity index (χ0n) is 15.8. The van der Waals surface area contributed by atoms with E-state index in [1.807, 2.05) is 18.2 Å². The molecule has 0 saturated carbocycles. The molecule has 2 rings (SSSR count). The summed E-state index contributed by atoms with van der Waals surface area (Å²) < 4.78 is 0. The SMILES string of the molecule is CC(NC(=O)CCCCCCN)C(=O)Nc1cccc(N2CCCC2)c1. The summed E-state index contributed by atoms with van der Waals surface area (Å²) >= 11 is 0. The van der Waals surface area contributed by atoms with E-state index in [2.05, 4.69) is 21.6 Å². The van der Waals surface area contributed by atoms with Crippen LogP contribution < -0.4 is 21.3 Å². The Balaban J connectivity index is 1.76. The van der Waals surface area contributed by atoms with Crippen molar-refractivity contribution >= 4 is 23.2 Å². The number of carbonyl (C=O) groups is 2. The molecule has 6 nitrogen and oxygen atoms in total. The maximum absolute atomic E-state index is 12.3. The number of nitrogens with two attached hydrogens (primary N) is 1. The van der Waals surface area contributed by atoms with E-state index in [1.165, 1.54) is 12.8 Å². The summed E-state index contributed by atoms with van der Waals surface area (Å²) in [4.78, 5) is 26.6. The zero-order chi connectivity index (χ0) is 18.8. The third kappa shape index (κ3) is 6.67. The molecule has 1 atom stereocenters. The third-order valence-electron chi connectivity index (χ3n) is 4.71. The van der Waals surface area contributed by atoms with Crippen LogP contribution in [-0.2, 0) is 9.59 Å². The molecule has 1 heterocycles. The second-order valence-corrected chi connectivity index (χ2v) is 6.98. The van der Waals surface area contributed by atoms with Gasteiger partial charge in [0, 0.05) is 30.9 Å². The van der Waals surface area contributed by atoms with E-state index in [0.29, 0.717) is 13.0 Å². The normalized spacial score (nSPS) is 14.9. The van der Waals surface area contributed by atoms with Gasteiger partial charge in [0.2, 0.25) is 11.8 Å². The van der Waals surface area contributed by atoms with Gasteiger partial charge in [-0.05, 0) is 57.4 Å². The lowest BCUT2D eigenvalue weighted by Crippen LogP contribution is -2.41. The first kappa shape index (κ1) is 20.2. The average Bonchev–Trinajstić information content (AvgIpc) is 3.16. The van der Waals surface area contributed by atoms with Crippen molar-refractivity contribution in [2.24, 2.45) is 5.73 Å². The van der Waals surface area contributed by atoms with Crippen LogP contribution in [0.5, 0.6) is 0 Å². The zero-order valence-corrected chi connectivity index (χ0v) is 15.8. The van der Waals surface area contributed by atoms with Crippen molar-refractivity contribution in [3.05, 3.63) is 24.3 Å². The molecule has 144 valence electrons. The van der Waals surface area contributed by atoms with E-state index in [9.17, 15) is 9.59 Å². The molecule has 0 radical (unpaired) electrons. The number of hydrogen-bond acceptors (Lipinski definition) is 4. The van der Waals surface area contributed by atoms with Crippen LogP contribution in [0.4, 0.5) is 11.4 Å². The van der Waals surface area contributed by atoms with Crippen molar-refractivity contribution in [3.8, 4) is 0 Å². The summed E-state index contributed by atoms with van der Waals surface area (Å²) in [6, 6.07) is 7.34. The summed E-state index contributed by atoms with van der Waals surface area (Å²) in [5.74, 6) is -0.272. The molecular weight excluding hydrogens is 328 g/mol. The van der Waals surface area contributed by atoms with Crippen molar-refractivity contribution in [2.75, 3.05) is 29.9 Å².